The van der Waals surface area contributed by atoms with E-state index in [9.17, 15) is 5.11 Å². The van der Waals surface area contributed by atoms with Gasteiger partial charge in [0.25, 0.3) is 0 Å². The molecule has 0 saturated heterocycles. The molecule has 0 amide bonds. The molecule has 1 aliphatic rings. The number of fused-ring (bicyclic) bond motifs is 1. The van der Waals surface area contributed by atoms with E-state index in [1.807, 2.05) is 24.3 Å². The van der Waals surface area contributed by atoms with Crippen LogP contribution >= 0.6 is 22.9 Å². The molecular formula is C14H13ClOS. The van der Waals surface area contributed by atoms with Crippen LogP contribution in [0.5, 0.6) is 0 Å². The molecule has 0 fully saturated rings. The quantitative estimate of drug-likeness (QED) is 0.870. The number of aliphatic hydroxyl groups excluding tert-OH is 1. The van der Waals surface area contributed by atoms with Gasteiger partial charge in [-0.05, 0) is 48.6 Å². The van der Waals surface area contributed by atoms with E-state index in [-0.39, 0.29) is 0 Å². The minimum Gasteiger partial charge on any atom is -0.383 e. The molecule has 1 unspecified atom stereocenters. The van der Waals surface area contributed by atoms with Crippen molar-refractivity contribution in [3.05, 3.63) is 56.2 Å². The fraction of sp³-hybridized carbons (Fsp3) is 0.286. The summed E-state index contributed by atoms with van der Waals surface area (Å²) in [5.74, 6) is 0. The number of thiophene rings is 1. The third kappa shape index (κ3) is 2.13. The zero-order chi connectivity index (χ0) is 11.8. The van der Waals surface area contributed by atoms with Crippen LogP contribution in [0, 0.1) is 0 Å². The van der Waals surface area contributed by atoms with E-state index < -0.39 is 6.10 Å². The summed E-state index contributed by atoms with van der Waals surface area (Å²) in [5.41, 5.74) is 2.34. The van der Waals surface area contributed by atoms with Gasteiger partial charge in [-0.2, -0.15) is 0 Å². The van der Waals surface area contributed by atoms with Gasteiger partial charge >= 0.3 is 0 Å². The molecule has 0 aliphatic heterocycles. The lowest BCUT2D eigenvalue weighted by Crippen LogP contribution is -1.96. The summed E-state index contributed by atoms with van der Waals surface area (Å²) < 4.78 is 0. The van der Waals surface area contributed by atoms with Crippen molar-refractivity contribution in [3.63, 3.8) is 0 Å². The van der Waals surface area contributed by atoms with Crippen molar-refractivity contribution in [3.8, 4) is 0 Å². The molecular weight excluding hydrogens is 252 g/mol. The van der Waals surface area contributed by atoms with Gasteiger partial charge in [-0.15, -0.1) is 11.3 Å². The topological polar surface area (TPSA) is 20.2 Å². The molecule has 3 heteroatoms. The molecule has 17 heavy (non-hydrogen) atoms. The summed E-state index contributed by atoms with van der Waals surface area (Å²) in [5, 5.41) is 11.0. The summed E-state index contributed by atoms with van der Waals surface area (Å²) in [6, 6.07) is 9.57. The van der Waals surface area contributed by atoms with Gasteiger partial charge in [-0.3, -0.25) is 0 Å². The molecule has 0 bridgehead atoms. The minimum absolute atomic E-state index is 0.511. The van der Waals surface area contributed by atoms with E-state index in [0.29, 0.717) is 5.02 Å². The number of aliphatic hydroxyl groups is 1. The Hall–Kier alpha value is -0.830. The monoisotopic (exact) mass is 264 g/mol. The molecule has 88 valence electrons. The average molecular weight is 265 g/mol. The minimum atomic E-state index is -0.511. The number of aryl methyl sites for hydroxylation is 2. The summed E-state index contributed by atoms with van der Waals surface area (Å²) in [6.45, 7) is 0. The van der Waals surface area contributed by atoms with Gasteiger partial charge in [-0.25, -0.2) is 0 Å². The highest BCUT2D eigenvalue weighted by molar-refractivity contribution is 7.12. The van der Waals surface area contributed by atoms with Gasteiger partial charge in [0.1, 0.15) is 6.10 Å². The average Bonchev–Trinajstić information content (AvgIpc) is 2.89. The van der Waals surface area contributed by atoms with E-state index >= 15 is 0 Å². The van der Waals surface area contributed by atoms with Gasteiger partial charge in [0.15, 0.2) is 0 Å². The molecule has 2 aromatic rings. The van der Waals surface area contributed by atoms with E-state index in [2.05, 4.69) is 6.07 Å². The lowest BCUT2D eigenvalue weighted by molar-refractivity contribution is 0.224. The first-order chi connectivity index (χ1) is 8.24. The maximum absolute atomic E-state index is 10.3. The fourth-order valence-corrected chi connectivity index (χ4v) is 3.69. The maximum Gasteiger partial charge on any atom is 0.113 e. The molecule has 0 saturated carbocycles. The summed E-state index contributed by atoms with van der Waals surface area (Å²) in [7, 11) is 0. The standard InChI is InChI=1S/C14H13ClOS/c15-11-6-4-9(5-7-11)14(16)13-8-10-2-1-3-12(10)17-13/h4-8,14,16H,1-3H2. The van der Waals surface area contributed by atoms with Gasteiger partial charge < -0.3 is 5.11 Å². The lowest BCUT2D eigenvalue weighted by atomic mass is 10.1. The Morgan fingerprint density at radius 3 is 2.65 bits per heavy atom. The highest BCUT2D eigenvalue weighted by Gasteiger charge is 2.19. The molecule has 1 aliphatic carbocycles. The van der Waals surface area contributed by atoms with Crippen molar-refractivity contribution >= 4 is 22.9 Å². The molecule has 1 heterocycles. The highest BCUT2D eigenvalue weighted by Crippen LogP contribution is 2.36. The predicted molar refractivity (Wildman–Crippen MR) is 71.9 cm³/mol. The number of rotatable bonds is 2. The molecule has 1 atom stereocenters. The Kier molecular flexibility index (Phi) is 2.95. The van der Waals surface area contributed by atoms with E-state index in [0.717, 1.165) is 10.4 Å². The second kappa shape index (κ2) is 4.45. The summed E-state index contributed by atoms with van der Waals surface area (Å²) >= 11 is 7.59. The van der Waals surface area contributed by atoms with Crippen LogP contribution in [-0.2, 0) is 12.8 Å². The number of hydrogen-bond acceptors (Lipinski definition) is 2. The first-order valence-corrected chi connectivity index (χ1v) is 6.98. The van der Waals surface area contributed by atoms with E-state index in [1.165, 1.54) is 29.7 Å². The van der Waals surface area contributed by atoms with Crippen LogP contribution in [0.2, 0.25) is 5.02 Å². The van der Waals surface area contributed by atoms with Crippen LogP contribution in [0.3, 0.4) is 0 Å². The molecule has 3 rings (SSSR count). The molecule has 0 radical (unpaired) electrons. The van der Waals surface area contributed by atoms with Crippen molar-refractivity contribution in [1.29, 1.82) is 0 Å². The van der Waals surface area contributed by atoms with Crippen molar-refractivity contribution in [1.82, 2.24) is 0 Å². The second-order valence-electron chi connectivity index (χ2n) is 4.40. The Balaban J connectivity index is 1.90. The van der Waals surface area contributed by atoms with Crippen molar-refractivity contribution in [2.75, 3.05) is 0 Å². The Morgan fingerprint density at radius 1 is 1.18 bits per heavy atom. The fourth-order valence-electron chi connectivity index (χ4n) is 2.30. The smallest absolute Gasteiger partial charge is 0.113 e. The largest absolute Gasteiger partial charge is 0.383 e. The molecule has 1 nitrogen and oxygen atoms in total. The van der Waals surface area contributed by atoms with Crippen LogP contribution < -0.4 is 0 Å². The second-order valence-corrected chi connectivity index (χ2v) is 6.01. The Bertz CT molecular complexity index is 508. The first-order valence-electron chi connectivity index (χ1n) is 5.79. The van der Waals surface area contributed by atoms with Crippen molar-refractivity contribution in [2.45, 2.75) is 25.4 Å². The van der Waals surface area contributed by atoms with Crippen LogP contribution in [-0.4, -0.2) is 5.11 Å². The zero-order valence-electron chi connectivity index (χ0n) is 9.32. The van der Waals surface area contributed by atoms with Crippen molar-refractivity contribution in [2.24, 2.45) is 0 Å². The zero-order valence-corrected chi connectivity index (χ0v) is 10.9. The van der Waals surface area contributed by atoms with Crippen LogP contribution in [0.1, 0.15) is 33.4 Å². The summed E-state index contributed by atoms with van der Waals surface area (Å²) in [6.07, 6.45) is 3.09. The van der Waals surface area contributed by atoms with Gasteiger partial charge in [0.05, 0.1) is 0 Å². The normalized spacial score (nSPS) is 15.9. The third-order valence-corrected chi connectivity index (χ3v) is 4.76. The van der Waals surface area contributed by atoms with Crippen LogP contribution in [0.4, 0.5) is 0 Å². The number of benzene rings is 1. The summed E-state index contributed by atoms with van der Waals surface area (Å²) in [4.78, 5) is 2.50. The highest BCUT2D eigenvalue weighted by atomic mass is 35.5. The lowest BCUT2D eigenvalue weighted by Gasteiger charge is -2.08. The van der Waals surface area contributed by atoms with E-state index in [4.69, 9.17) is 11.6 Å². The number of hydrogen-bond donors (Lipinski definition) is 1. The molecule has 0 spiro atoms. The van der Waals surface area contributed by atoms with Crippen LogP contribution in [0.15, 0.2) is 30.3 Å². The van der Waals surface area contributed by atoms with Crippen molar-refractivity contribution < 1.29 is 5.11 Å². The van der Waals surface area contributed by atoms with Gasteiger partial charge in [-0.1, -0.05) is 23.7 Å². The van der Waals surface area contributed by atoms with Gasteiger partial charge in [0.2, 0.25) is 0 Å². The molecule has 1 N–H and O–H groups in total. The predicted octanol–water partition coefficient (Wildman–Crippen LogP) is 3.97. The first kappa shape index (κ1) is 11.3. The van der Waals surface area contributed by atoms with E-state index in [1.54, 1.807) is 11.3 Å². The Morgan fingerprint density at radius 2 is 1.94 bits per heavy atom. The maximum atomic E-state index is 10.3. The third-order valence-electron chi connectivity index (χ3n) is 3.22. The number of halogens is 1. The SMILES string of the molecule is OC(c1ccc(Cl)cc1)c1cc2c(s1)CCC2. The molecule has 1 aromatic heterocycles. The molecule has 1 aromatic carbocycles. The van der Waals surface area contributed by atoms with Crippen LogP contribution in [0.25, 0.3) is 0 Å². The Labute approximate surface area is 110 Å². The van der Waals surface area contributed by atoms with Gasteiger partial charge in [0, 0.05) is 14.8 Å².